The maximum absolute atomic E-state index is 11.9. The Labute approximate surface area is 124 Å². The van der Waals surface area contributed by atoms with Crippen LogP contribution in [0.3, 0.4) is 0 Å². The number of benzene rings is 1. The maximum Gasteiger partial charge on any atom is 0.323 e. The van der Waals surface area contributed by atoms with E-state index in [9.17, 15) is 13.2 Å². The number of anilines is 1. The summed E-state index contributed by atoms with van der Waals surface area (Å²) in [4.78, 5) is 11.3. The molecule has 0 spiro atoms. The third-order valence-electron chi connectivity index (χ3n) is 2.36. The summed E-state index contributed by atoms with van der Waals surface area (Å²) in [6.07, 6.45) is 0. The van der Waals surface area contributed by atoms with E-state index in [1.54, 1.807) is 32.0 Å². The topological polar surface area (TPSA) is 92.7 Å². The molecular weight excluding hydrogens is 294 g/mol. The Bertz CT molecular complexity index is 670. The van der Waals surface area contributed by atoms with Crippen LogP contribution in [0.25, 0.3) is 0 Å². The second kappa shape index (κ2) is 7.67. The van der Waals surface area contributed by atoms with Gasteiger partial charge < -0.3 is 9.84 Å². The first-order valence-electron chi connectivity index (χ1n) is 6.24. The lowest BCUT2D eigenvalue weighted by molar-refractivity contribution is -0.139. The fourth-order valence-corrected chi connectivity index (χ4v) is 2.52. The summed E-state index contributed by atoms with van der Waals surface area (Å²) in [5.74, 6) is 3.52. The number of aliphatic hydroxyl groups is 1. The highest BCUT2D eigenvalue weighted by molar-refractivity contribution is 7.93. The van der Waals surface area contributed by atoms with Crippen LogP contribution in [0.1, 0.15) is 18.1 Å². The van der Waals surface area contributed by atoms with Crippen molar-refractivity contribution in [1.29, 1.82) is 0 Å². The van der Waals surface area contributed by atoms with Crippen molar-refractivity contribution in [3.05, 3.63) is 29.3 Å². The molecule has 1 rings (SSSR count). The number of ether oxygens (including phenoxy) is 1. The number of hydrogen-bond donors (Lipinski definition) is 2. The average Bonchev–Trinajstić information content (AvgIpc) is 2.36. The van der Waals surface area contributed by atoms with E-state index in [1.165, 1.54) is 0 Å². The van der Waals surface area contributed by atoms with Crippen LogP contribution in [0.5, 0.6) is 0 Å². The van der Waals surface area contributed by atoms with E-state index in [2.05, 4.69) is 21.3 Å². The van der Waals surface area contributed by atoms with Crippen LogP contribution in [0.15, 0.2) is 18.2 Å². The Morgan fingerprint density at radius 3 is 2.76 bits per heavy atom. The fourth-order valence-electron chi connectivity index (χ4n) is 1.55. The smallest absolute Gasteiger partial charge is 0.323 e. The molecule has 114 valence electrons. The summed E-state index contributed by atoms with van der Waals surface area (Å²) in [6, 6.07) is 5.01. The maximum atomic E-state index is 11.9. The lowest BCUT2D eigenvalue weighted by atomic mass is 10.1. The van der Waals surface area contributed by atoms with E-state index < -0.39 is 21.7 Å². The molecule has 0 saturated heterocycles. The van der Waals surface area contributed by atoms with E-state index in [0.717, 1.165) is 5.56 Å². The molecule has 0 bridgehead atoms. The molecule has 0 aliphatic heterocycles. The molecule has 1 aromatic rings. The quantitative estimate of drug-likeness (QED) is 0.615. The first-order chi connectivity index (χ1) is 9.88. The van der Waals surface area contributed by atoms with E-state index in [-0.39, 0.29) is 18.9 Å². The van der Waals surface area contributed by atoms with Gasteiger partial charge in [0.15, 0.2) is 5.75 Å². The summed E-state index contributed by atoms with van der Waals surface area (Å²) in [6.45, 7) is 3.18. The number of hydrogen-bond acceptors (Lipinski definition) is 5. The number of sulfonamides is 1. The zero-order valence-corrected chi connectivity index (χ0v) is 12.7. The minimum absolute atomic E-state index is 0.117. The van der Waals surface area contributed by atoms with Gasteiger partial charge in [-0.3, -0.25) is 9.52 Å². The van der Waals surface area contributed by atoms with Crippen molar-refractivity contribution < 1.29 is 23.1 Å². The number of nitrogens with one attached hydrogen (secondary N) is 1. The molecule has 0 unspecified atom stereocenters. The van der Waals surface area contributed by atoms with Gasteiger partial charge in [-0.25, -0.2) is 8.42 Å². The molecule has 0 aliphatic carbocycles. The SMILES string of the molecule is CCOC(=O)CS(=O)(=O)Nc1cc(C)ccc1C#CCO. The van der Waals surface area contributed by atoms with Crippen molar-refractivity contribution >= 4 is 21.7 Å². The van der Waals surface area contributed by atoms with Gasteiger partial charge >= 0.3 is 5.97 Å². The van der Waals surface area contributed by atoms with Crippen molar-refractivity contribution in [3.63, 3.8) is 0 Å². The number of carbonyl (C=O) groups excluding carboxylic acids is 1. The van der Waals surface area contributed by atoms with Gasteiger partial charge in [-0.2, -0.15) is 0 Å². The summed E-state index contributed by atoms with van der Waals surface area (Å²) < 4.78 is 30.8. The highest BCUT2D eigenvalue weighted by Gasteiger charge is 2.18. The van der Waals surface area contributed by atoms with Crippen LogP contribution in [-0.4, -0.2) is 38.5 Å². The number of aryl methyl sites for hydroxylation is 1. The number of rotatable bonds is 5. The van der Waals surface area contributed by atoms with Crippen LogP contribution in [0, 0.1) is 18.8 Å². The highest BCUT2D eigenvalue weighted by atomic mass is 32.2. The Balaban J connectivity index is 3.00. The molecule has 0 atom stereocenters. The first-order valence-corrected chi connectivity index (χ1v) is 7.89. The Morgan fingerprint density at radius 2 is 2.14 bits per heavy atom. The third-order valence-corrected chi connectivity index (χ3v) is 3.50. The Morgan fingerprint density at radius 1 is 1.43 bits per heavy atom. The first kappa shape index (κ1) is 17.0. The van der Waals surface area contributed by atoms with Crippen molar-refractivity contribution in [2.45, 2.75) is 13.8 Å². The summed E-state index contributed by atoms with van der Waals surface area (Å²) >= 11 is 0. The standard InChI is InChI=1S/C14H17NO5S/c1-3-20-14(17)10-21(18,19)15-13-9-11(2)6-7-12(13)5-4-8-16/h6-7,9,15-16H,3,8,10H2,1-2H3. The average molecular weight is 311 g/mol. The second-order valence-corrected chi connectivity index (χ2v) is 5.90. The number of aliphatic hydroxyl groups excluding tert-OH is 1. The minimum atomic E-state index is -3.88. The minimum Gasteiger partial charge on any atom is -0.465 e. The van der Waals surface area contributed by atoms with Crippen LogP contribution >= 0.6 is 0 Å². The molecule has 6 nitrogen and oxygen atoms in total. The van der Waals surface area contributed by atoms with Gasteiger partial charge in [-0.15, -0.1) is 0 Å². The van der Waals surface area contributed by atoms with Crippen LogP contribution in [0.4, 0.5) is 5.69 Å². The van der Waals surface area contributed by atoms with E-state index in [1.807, 2.05) is 0 Å². The molecule has 7 heteroatoms. The normalized spacial score (nSPS) is 10.4. The molecule has 0 aromatic heterocycles. The Hall–Kier alpha value is -2.04. The van der Waals surface area contributed by atoms with E-state index in [0.29, 0.717) is 5.56 Å². The van der Waals surface area contributed by atoms with Crippen molar-refractivity contribution in [3.8, 4) is 11.8 Å². The Kier molecular flexibility index (Phi) is 6.21. The molecule has 0 heterocycles. The van der Waals surface area contributed by atoms with Crippen LogP contribution in [0.2, 0.25) is 0 Å². The highest BCUT2D eigenvalue weighted by Crippen LogP contribution is 2.18. The van der Waals surface area contributed by atoms with Crippen molar-refractivity contribution in [2.24, 2.45) is 0 Å². The lowest BCUT2D eigenvalue weighted by Gasteiger charge is -2.10. The summed E-state index contributed by atoms with van der Waals surface area (Å²) in [5, 5.41) is 8.71. The molecule has 21 heavy (non-hydrogen) atoms. The fraction of sp³-hybridized carbons (Fsp3) is 0.357. The summed E-state index contributed by atoms with van der Waals surface area (Å²) in [7, 11) is -3.88. The molecule has 0 saturated carbocycles. The van der Waals surface area contributed by atoms with Gasteiger partial charge in [-0.05, 0) is 31.5 Å². The second-order valence-electron chi connectivity index (χ2n) is 4.18. The van der Waals surface area contributed by atoms with Gasteiger partial charge in [0.2, 0.25) is 10.0 Å². The van der Waals surface area contributed by atoms with Crippen LogP contribution in [-0.2, 0) is 19.6 Å². The van der Waals surface area contributed by atoms with E-state index >= 15 is 0 Å². The molecular formula is C14H17NO5S. The van der Waals surface area contributed by atoms with Gasteiger partial charge in [0, 0.05) is 5.56 Å². The van der Waals surface area contributed by atoms with Gasteiger partial charge in [0.05, 0.1) is 12.3 Å². The summed E-state index contributed by atoms with van der Waals surface area (Å²) in [5.41, 5.74) is 1.51. The largest absolute Gasteiger partial charge is 0.465 e. The van der Waals surface area contributed by atoms with Gasteiger partial charge in [0.1, 0.15) is 6.61 Å². The predicted molar refractivity (Wildman–Crippen MR) is 79.2 cm³/mol. The van der Waals surface area contributed by atoms with Crippen LogP contribution < -0.4 is 4.72 Å². The predicted octanol–water partition coefficient (Wildman–Crippen LogP) is 0.644. The zero-order chi connectivity index (χ0) is 15.9. The number of carbonyl (C=O) groups is 1. The van der Waals surface area contributed by atoms with Gasteiger partial charge in [0.25, 0.3) is 0 Å². The number of esters is 1. The molecule has 0 amide bonds. The third kappa shape index (κ3) is 5.85. The molecule has 0 fully saturated rings. The van der Waals surface area contributed by atoms with E-state index in [4.69, 9.17) is 5.11 Å². The monoisotopic (exact) mass is 311 g/mol. The zero-order valence-electron chi connectivity index (χ0n) is 11.8. The molecule has 0 radical (unpaired) electrons. The van der Waals surface area contributed by atoms with Crippen molar-refractivity contribution in [2.75, 3.05) is 23.7 Å². The lowest BCUT2D eigenvalue weighted by Crippen LogP contribution is -2.24. The molecule has 0 aliphatic rings. The molecule has 2 N–H and O–H groups in total. The van der Waals surface area contributed by atoms with Crippen molar-refractivity contribution in [1.82, 2.24) is 0 Å². The molecule has 1 aromatic carbocycles. The van der Waals surface area contributed by atoms with Gasteiger partial charge in [-0.1, -0.05) is 17.9 Å².